The molecular weight excluding hydrogens is 1390 g/mol. The van der Waals surface area contributed by atoms with Crippen molar-refractivity contribution in [3.8, 4) is 5.75 Å². The molecule has 2 aliphatic carbocycles. The van der Waals surface area contributed by atoms with Crippen LogP contribution in [0.25, 0.3) is 0 Å². The van der Waals surface area contributed by atoms with E-state index in [0.717, 1.165) is 163 Å². The molecule has 19 aliphatic rings. The minimum absolute atomic E-state index is 0. The molecule has 22 heteroatoms. The summed E-state index contributed by atoms with van der Waals surface area (Å²) in [6, 6.07) is 14.1. The second kappa shape index (κ2) is 42.8. The second-order valence-electron chi connectivity index (χ2n) is 37.1. The maximum atomic E-state index is 11.6. The third-order valence-corrected chi connectivity index (χ3v) is 31.5. The van der Waals surface area contributed by atoms with Crippen LogP contribution in [0.2, 0.25) is 0 Å². The molecule has 0 aromatic heterocycles. The van der Waals surface area contributed by atoms with Crippen molar-refractivity contribution in [2.75, 3.05) is 246 Å². The highest BCUT2D eigenvalue weighted by atomic mass is 32.2. The number of likely N-dealkylation sites (N-methyl/N-ethyl adjacent to an activating group) is 5. The van der Waals surface area contributed by atoms with E-state index in [1.54, 1.807) is 4.90 Å². The van der Waals surface area contributed by atoms with Gasteiger partial charge in [-0.2, -0.15) is 0 Å². The van der Waals surface area contributed by atoms with Gasteiger partial charge in [-0.3, -0.25) is 23.7 Å². The van der Waals surface area contributed by atoms with Crippen molar-refractivity contribution in [2.24, 2.45) is 16.7 Å². The van der Waals surface area contributed by atoms with Crippen molar-refractivity contribution in [3.63, 3.8) is 0 Å². The fourth-order valence-electron chi connectivity index (χ4n) is 19.8. The minimum atomic E-state index is -2.67. The van der Waals surface area contributed by atoms with E-state index in [-0.39, 0.29) is 18.1 Å². The van der Waals surface area contributed by atoms with E-state index in [9.17, 15) is 17.4 Å². The van der Waals surface area contributed by atoms with Gasteiger partial charge in [0.05, 0.1) is 35.9 Å². The van der Waals surface area contributed by atoms with E-state index < -0.39 is 19.4 Å². The van der Waals surface area contributed by atoms with E-state index in [2.05, 4.69) is 157 Å². The zero-order valence-electron chi connectivity index (χ0n) is 70.1. The van der Waals surface area contributed by atoms with Gasteiger partial charge in [0.2, 0.25) is 5.91 Å². The van der Waals surface area contributed by atoms with Gasteiger partial charge in [0.15, 0.2) is 9.84 Å². The number of nitrogens with zero attached hydrogens (tertiary/aromatic N) is 13. The third-order valence-electron chi connectivity index (χ3n) is 27.0. The van der Waals surface area contributed by atoms with Gasteiger partial charge in [-0.1, -0.05) is 76.1 Å². The average molecular weight is 1550 g/mol. The highest BCUT2D eigenvalue weighted by Gasteiger charge is 2.54. The summed E-state index contributed by atoms with van der Waals surface area (Å²) < 4.78 is 49.3. The van der Waals surface area contributed by atoms with Crippen LogP contribution in [-0.2, 0) is 33.6 Å². The van der Waals surface area contributed by atoms with Crippen molar-refractivity contribution in [1.29, 1.82) is 0 Å². The predicted molar refractivity (Wildman–Crippen MR) is 453 cm³/mol. The standard InChI is InChI=1S/C10H13NO.C10H19N.C9H15N.C8H14N2O.C7H13NOS.C7H13NO.2C7H13N.C6H11N.C5H11NO.C5H11N.C4H9NO2S.CH4/c1-11-7-10(8-11)12-9-5-3-2-4-6-9;1-11-8-6-10(7-9-11)4-2-3-5-10;1-7-5-8-3-4-9(6-7)10(8)2;1-9-4-5-10-7(6-9)2-3-8(10)11;1-8-5-7(6-8)3-4-10(7,2)9;1-8-4-6-2-3-7(5-8)9-6;1-8-6-2-3-7(8)5-4-6;1-8-5-7(6-8)3-2-4-7;1-6-3-4-7(2)5-6;1-6-2-4-7-5-3-6;1-5-3-6(2)4-5;1-5-2-3-8(6,7)4-5;/h2-6,10H,7-8H2,1H3;2-9H2,1H3;8-9H,1,3-6H2,2H3;7H,2-6H2,1H3;2-6H2,1H3;6-7H,2-5H2,1H3;6-7H,2-5H2,1H3;2-6H2,1H3;1,3-5H2,2H3;2-5H2,1H3;5H,3-4H2,1-2H3;2-4H2,1H3;1H4. The zero-order valence-corrected chi connectivity index (χ0v) is 71.8. The smallest absolute Gasteiger partial charge is 0.222 e. The van der Waals surface area contributed by atoms with Crippen molar-refractivity contribution in [2.45, 2.75) is 215 Å². The maximum Gasteiger partial charge on any atom is 0.222 e. The van der Waals surface area contributed by atoms with Crippen molar-refractivity contribution in [3.05, 3.63) is 54.6 Å². The molecule has 19 fully saturated rings. The van der Waals surface area contributed by atoms with Gasteiger partial charge in [0.1, 0.15) is 17.7 Å². The van der Waals surface area contributed by atoms with E-state index in [1.807, 2.05) is 42.3 Å². The summed E-state index contributed by atoms with van der Waals surface area (Å²) >= 11 is 0. The molecule has 17 heterocycles. The predicted octanol–water partition coefficient (Wildman–Crippen LogP) is 9.32. The molecular formula is C86H159N13O7S2. The number of morpholine rings is 2. The Labute approximate surface area is 661 Å². The van der Waals surface area contributed by atoms with E-state index in [0.29, 0.717) is 42.6 Å². The van der Waals surface area contributed by atoms with E-state index >= 15 is 0 Å². The number of sulfone groups is 1. The number of rotatable bonds is 2. The molecule has 108 heavy (non-hydrogen) atoms. The fourth-order valence-corrected chi connectivity index (χ4v) is 23.5. The lowest BCUT2D eigenvalue weighted by molar-refractivity contribution is -0.130. The van der Waals surface area contributed by atoms with Gasteiger partial charge in [0.25, 0.3) is 0 Å². The Morgan fingerprint density at radius 3 is 1.35 bits per heavy atom. The summed E-state index contributed by atoms with van der Waals surface area (Å²) in [6.07, 6.45) is 33.0. The maximum absolute atomic E-state index is 11.6. The number of carbonyl (C=O) groups excluding carboxylic acids is 1. The van der Waals surface area contributed by atoms with Crippen LogP contribution in [0.15, 0.2) is 54.6 Å². The quantitative estimate of drug-likeness (QED) is 0.205. The molecule has 17 aliphatic heterocycles. The number of carbonyl (C=O) groups is 1. The molecule has 6 unspecified atom stereocenters. The van der Waals surface area contributed by atoms with Crippen LogP contribution in [0.5, 0.6) is 5.75 Å². The number of para-hydroxylation sites is 1. The number of ether oxygens (including phenoxy) is 3. The topological polar surface area (TPSA) is 138 Å². The molecule has 6 atom stereocenters. The summed E-state index contributed by atoms with van der Waals surface area (Å²) in [5.41, 5.74) is 4.51. The number of likely N-dealkylation sites (tertiary alicyclic amines) is 7. The molecule has 2 saturated carbocycles. The van der Waals surface area contributed by atoms with E-state index in [1.165, 1.54) is 185 Å². The Balaban J connectivity index is 0.000000149. The molecule has 20 rings (SSSR count). The molecule has 1 amide bonds. The molecule has 6 bridgehead atoms. The highest BCUT2D eigenvalue weighted by molar-refractivity contribution is 8.03. The summed E-state index contributed by atoms with van der Waals surface area (Å²) in [5.74, 6) is 7.54. The van der Waals surface area contributed by atoms with Crippen LogP contribution < -0.4 is 4.74 Å². The van der Waals surface area contributed by atoms with Crippen molar-refractivity contribution in [1.82, 2.24) is 63.7 Å². The number of hydrogen-bond acceptors (Lipinski definition) is 19. The molecule has 17 saturated heterocycles. The largest absolute Gasteiger partial charge is 0.488 e. The Hall–Kier alpha value is -2.62. The lowest BCUT2D eigenvalue weighted by Gasteiger charge is -2.56. The third kappa shape index (κ3) is 28.1. The van der Waals surface area contributed by atoms with Gasteiger partial charge in [-0.15, -0.1) is 0 Å². The highest BCUT2D eigenvalue weighted by Crippen LogP contribution is 2.48. The first-order valence-electron chi connectivity index (χ1n) is 42.3. The lowest BCUT2D eigenvalue weighted by Crippen LogP contribution is -2.70. The SMILES string of the molecule is C.C=C1CC2CCC(C1)N2C.C=C1CCN(C)C1.C=S1(=O)CCC12CN(C)C2.CC1CN(C)C1.CN1C2CCC1CC2.CN1CC(Oc2ccccc2)C1.CN1CC2(CCC2)C1.CN1CC2CCC(C1)O2.CN1CCC2(CCCC2)CC1.CN1CCN2C(=O)CCC2C1.CN1CCOCC1.CN1CCS(=O)(=O)C1. The van der Waals surface area contributed by atoms with Gasteiger partial charge in [-0.05, 0) is 264 Å². The Morgan fingerprint density at radius 1 is 0.463 bits per heavy atom. The number of hydrogen-bond donors (Lipinski definition) is 0. The molecule has 1 aromatic rings. The molecule has 20 nitrogen and oxygen atoms in total. The van der Waals surface area contributed by atoms with Gasteiger partial charge in [0, 0.05) is 160 Å². The lowest BCUT2D eigenvalue weighted by atomic mass is 9.64. The number of benzene rings is 1. The van der Waals surface area contributed by atoms with Gasteiger partial charge in [-0.25, -0.2) is 8.42 Å². The fraction of sp³-hybridized carbons (Fsp3) is 0.860. The Morgan fingerprint density at radius 2 is 0.991 bits per heavy atom. The Kier molecular flexibility index (Phi) is 36.1. The Bertz CT molecular complexity index is 2990. The minimum Gasteiger partial charge on any atom is -0.488 e. The van der Waals surface area contributed by atoms with Crippen LogP contribution in [0.1, 0.15) is 162 Å². The number of amides is 1. The van der Waals surface area contributed by atoms with Crippen LogP contribution in [-0.4, -0.2) is 387 Å². The van der Waals surface area contributed by atoms with Crippen LogP contribution in [0.4, 0.5) is 0 Å². The first-order chi connectivity index (χ1) is 50.8. The molecule has 0 N–H and O–H groups in total. The first-order valence-corrected chi connectivity index (χ1v) is 46.0. The van der Waals surface area contributed by atoms with Crippen molar-refractivity contribution < 1.29 is 31.6 Å². The number of piperazine rings is 1. The first kappa shape index (κ1) is 90.9. The van der Waals surface area contributed by atoms with Crippen LogP contribution in [0, 0.1) is 16.7 Å². The molecule has 3 spiro atoms. The summed E-state index contributed by atoms with van der Waals surface area (Å²) in [6.45, 7) is 34.8. The number of fused-ring (bicyclic) bond motifs is 7. The zero-order chi connectivity index (χ0) is 77.1. The average Bonchev–Trinajstić information content (AvgIpc) is 1.14. The van der Waals surface area contributed by atoms with Gasteiger partial charge < -0.3 is 63.2 Å². The normalized spacial score (nSPS) is 32.9. The molecule has 0 radical (unpaired) electrons. The number of piperidine rings is 2. The van der Waals surface area contributed by atoms with Gasteiger partial charge >= 0.3 is 0 Å². The summed E-state index contributed by atoms with van der Waals surface area (Å²) in [5, 5.41) is 0. The molecule has 622 valence electrons. The summed E-state index contributed by atoms with van der Waals surface area (Å²) in [4.78, 5) is 41.0. The summed E-state index contributed by atoms with van der Waals surface area (Å²) in [7, 11) is 21.3. The van der Waals surface area contributed by atoms with E-state index in [4.69, 9.17) is 14.2 Å². The second-order valence-corrected chi connectivity index (χ2v) is 42.2. The van der Waals surface area contributed by atoms with Crippen LogP contribution in [0.3, 0.4) is 0 Å². The van der Waals surface area contributed by atoms with Crippen LogP contribution >= 0.6 is 0 Å². The van der Waals surface area contributed by atoms with Crippen molar-refractivity contribution >= 4 is 31.1 Å². The molecule has 1 aromatic carbocycles. The monoisotopic (exact) mass is 1550 g/mol.